The molecule has 0 saturated carbocycles. The average molecular weight is 331 g/mol. The largest absolute Gasteiger partial charge is 0.347 e. The number of amides is 1. The van der Waals surface area contributed by atoms with E-state index in [1.807, 2.05) is 0 Å². The van der Waals surface area contributed by atoms with Crippen LogP contribution in [0.2, 0.25) is 0 Å². The Kier molecular flexibility index (Phi) is 4.93. The molecule has 0 bridgehead atoms. The van der Waals surface area contributed by atoms with Crippen molar-refractivity contribution < 1.29 is 14.5 Å². The third-order valence-electron chi connectivity index (χ3n) is 3.31. The molecule has 0 aliphatic rings. The van der Waals surface area contributed by atoms with Gasteiger partial charge in [0, 0.05) is 31.9 Å². The second-order valence-corrected chi connectivity index (χ2v) is 5.38. The Hall–Kier alpha value is -3.23. The van der Waals surface area contributed by atoms with Crippen molar-refractivity contribution in [1.82, 2.24) is 14.7 Å². The maximum Gasteiger partial charge on any atom is 0.293 e. The topological polar surface area (TPSA) is 110 Å². The summed E-state index contributed by atoms with van der Waals surface area (Å²) in [7, 11) is 3.29. The molecule has 0 atom stereocenters. The minimum atomic E-state index is -0.561. The van der Waals surface area contributed by atoms with Crippen LogP contribution in [-0.2, 0) is 11.3 Å². The van der Waals surface area contributed by atoms with Crippen molar-refractivity contribution in [3.05, 3.63) is 46.3 Å². The SMILES string of the molecule is CC(=O)c1ccc(Nc2cnn(CC(=O)N(C)C)c2)c([N+](=O)[O-])c1. The van der Waals surface area contributed by atoms with Crippen LogP contribution < -0.4 is 5.32 Å². The fourth-order valence-electron chi connectivity index (χ4n) is 1.96. The number of carbonyl (C=O) groups excluding carboxylic acids is 2. The minimum absolute atomic E-state index is 0.0695. The van der Waals surface area contributed by atoms with Gasteiger partial charge in [0.25, 0.3) is 5.69 Å². The molecular formula is C15H17N5O4. The minimum Gasteiger partial charge on any atom is -0.347 e. The molecule has 0 unspecified atom stereocenters. The molecule has 24 heavy (non-hydrogen) atoms. The highest BCUT2D eigenvalue weighted by molar-refractivity contribution is 5.95. The summed E-state index contributed by atoms with van der Waals surface area (Å²) in [5.74, 6) is -0.374. The van der Waals surface area contributed by atoms with E-state index in [0.29, 0.717) is 5.69 Å². The molecule has 0 radical (unpaired) electrons. The van der Waals surface area contributed by atoms with Gasteiger partial charge in [0.15, 0.2) is 5.78 Å². The number of Topliss-reactive ketones (excluding diaryl/α,β-unsaturated/α-hetero) is 1. The van der Waals surface area contributed by atoms with E-state index in [0.717, 1.165) is 0 Å². The fourth-order valence-corrected chi connectivity index (χ4v) is 1.96. The maximum absolute atomic E-state index is 11.6. The molecular weight excluding hydrogens is 314 g/mol. The van der Waals surface area contributed by atoms with Crippen LogP contribution >= 0.6 is 0 Å². The van der Waals surface area contributed by atoms with Crippen molar-refractivity contribution in [2.75, 3.05) is 19.4 Å². The number of nitrogens with one attached hydrogen (secondary N) is 1. The van der Waals surface area contributed by atoms with E-state index in [-0.39, 0.29) is 35.2 Å². The van der Waals surface area contributed by atoms with Crippen LogP contribution in [0.4, 0.5) is 17.1 Å². The van der Waals surface area contributed by atoms with Gasteiger partial charge in [-0.15, -0.1) is 0 Å². The third-order valence-corrected chi connectivity index (χ3v) is 3.31. The van der Waals surface area contributed by atoms with E-state index in [2.05, 4.69) is 10.4 Å². The lowest BCUT2D eigenvalue weighted by molar-refractivity contribution is -0.383. The Balaban J connectivity index is 2.22. The number of anilines is 2. The monoisotopic (exact) mass is 331 g/mol. The maximum atomic E-state index is 11.6. The number of benzene rings is 1. The molecule has 1 amide bonds. The lowest BCUT2D eigenvalue weighted by Crippen LogP contribution is -2.26. The predicted molar refractivity (Wildman–Crippen MR) is 87.3 cm³/mol. The van der Waals surface area contributed by atoms with E-state index in [1.54, 1.807) is 20.3 Å². The molecule has 0 aliphatic heterocycles. The number of hydrogen-bond acceptors (Lipinski definition) is 6. The second kappa shape index (κ2) is 6.90. The van der Waals surface area contributed by atoms with Crippen molar-refractivity contribution in [3.8, 4) is 0 Å². The van der Waals surface area contributed by atoms with E-state index < -0.39 is 4.92 Å². The van der Waals surface area contributed by atoms with E-state index >= 15 is 0 Å². The Labute approximate surface area is 138 Å². The highest BCUT2D eigenvalue weighted by Gasteiger charge is 2.17. The second-order valence-electron chi connectivity index (χ2n) is 5.38. The van der Waals surface area contributed by atoms with Gasteiger partial charge in [-0.1, -0.05) is 0 Å². The van der Waals surface area contributed by atoms with Crippen molar-refractivity contribution in [1.29, 1.82) is 0 Å². The highest BCUT2D eigenvalue weighted by atomic mass is 16.6. The smallest absolute Gasteiger partial charge is 0.293 e. The zero-order valence-corrected chi connectivity index (χ0v) is 13.5. The van der Waals surface area contributed by atoms with E-state index in [4.69, 9.17) is 0 Å². The van der Waals surface area contributed by atoms with Crippen LogP contribution in [0.1, 0.15) is 17.3 Å². The number of rotatable bonds is 6. The van der Waals surface area contributed by atoms with Crippen molar-refractivity contribution in [3.63, 3.8) is 0 Å². The molecule has 2 rings (SSSR count). The van der Waals surface area contributed by atoms with Gasteiger partial charge in [0.1, 0.15) is 12.2 Å². The number of carbonyl (C=O) groups is 2. The number of nitrogens with zero attached hydrogens (tertiary/aromatic N) is 4. The molecule has 1 aromatic carbocycles. The summed E-state index contributed by atoms with van der Waals surface area (Å²) < 4.78 is 1.43. The zero-order valence-electron chi connectivity index (χ0n) is 13.5. The van der Waals surface area contributed by atoms with Gasteiger partial charge in [0.05, 0.1) is 16.8 Å². The standard InChI is InChI=1S/C15H17N5O4/c1-10(21)11-4-5-13(14(6-11)20(23)24)17-12-7-16-19(8-12)9-15(22)18(2)3/h4-8,17H,9H2,1-3H3. The van der Waals surface area contributed by atoms with Gasteiger partial charge < -0.3 is 10.2 Å². The Morgan fingerprint density at radius 1 is 1.38 bits per heavy atom. The first kappa shape index (κ1) is 17.1. The first-order chi connectivity index (χ1) is 11.3. The molecule has 1 aromatic heterocycles. The summed E-state index contributed by atoms with van der Waals surface area (Å²) in [5, 5.41) is 18.1. The van der Waals surface area contributed by atoms with Crippen molar-refractivity contribution >= 4 is 28.8 Å². The lowest BCUT2D eigenvalue weighted by Gasteiger charge is -2.09. The van der Waals surface area contributed by atoms with E-state index in [1.165, 1.54) is 40.9 Å². The molecule has 0 saturated heterocycles. The molecule has 9 heteroatoms. The van der Waals surface area contributed by atoms with E-state index in [9.17, 15) is 19.7 Å². The number of ketones is 1. The van der Waals surface area contributed by atoms with Crippen LogP contribution in [0.3, 0.4) is 0 Å². The Morgan fingerprint density at radius 2 is 2.08 bits per heavy atom. The van der Waals surface area contributed by atoms with Crippen LogP contribution in [0.15, 0.2) is 30.6 Å². The Morgan fingerprint density at radius 3 is 2.67 bits per heavy atom. The quantitative estimate of drug-likeness (QED) is 0.491. The third kappa shape index (κ3) is 3.94. The van der Waals surface area contributed by atoms with Crippen LogP contribution in [0.25, 0.3) is 0 Å². The molecule has 1 heterocycles. The van der Waals surface area contributed by atoms with Gasteiger partial charge in [0.2, 0.25) is 5.91 Å². The lowest BCUT2D eigenvalue weighted by atomic mass is 10.1. The first-order valence-corrected chi connectivity index (χ1v) is 7.07. The van der Waals surface area contributed by atoms with Crippen molar-refractivity contribution in [2.24, 2.45) is 0 Å². The molecule has 0 aliphatic carbocycles. The highest BCUT2D eigenvalue weighted by Crippen LogP contribution is 2.28. The van der Waals surface area contributed by atoms with Gasteiger partial charge in [-0.05, 0) is 19.1 Å². The predicted octanol–water partition coefficient (Wildman–Crippen LogP) is 1.83. The summed E-state index contributed by atoms with van der Waals surface area (Å²) in [6, 6.07) is 4.21. The van der Waals surface area contributed by atoms with Crippen LogP contribution in [0.5, 0.6) is 0 Å². The number of likely N-dealkylation sites (N-methyl/N-ethyl adjacent to an activating group) is 1. The van der Waals surface area contributed by atoms with Gasteiger partial charge in [-0.2, -0.15) is 5.10 Å². The molecule has 1 N–H and O–H groups in total. The van der Waals surface area contributed by atoms with Crippen LogP contribution in [0, 0.1) is 10.1 Å². The average Bonchev–Trinajstić information content (AvgIpc) is 2.94. The summed E-state index contributed by atoms with van der Waals surface area (Å²) in [6.45, 7) is 1.41. The summed E-state index contributed by atoms with van der Waals surface area (Å²) >= 11 is 0. The zero-order chi connectivity index (χ0) is 17.9. The van der Waals surface area contributed by atoms with Crippen molar-refractivity contribution in [2.45, 2.75) is 13.5 Å². The van der Waals surface area contributed by atoms with Gasteiger partial charge in [-0.3, -0.25) is 24.4 Å². The number of nitro benzene ring substituents is 1. The molecule has 0 fully saturated rings. The van der Waals surface area contributed by atoms with Gasteiger partial charge >= 0.3 is 0 Å². The molecule has 126 valence electrons. The molecule has 0 spiro atoms. The number of aromatic nitrogens is 2. The first-order valence-electron chi connectivity index (χ1n) is 7.07. The summed E-state index contributed by atoms with van der Waals surface area (Å²) in [5.41, 5.74) is 0.794. The summed E-state index contributed by atoms with van der Waals surface area (Å²) in [6.07, 6.45) is 3.04. The Bertz CT molecular complexity index is 797. The summed E-state index contributed by atoms with van der Waals surface area (Å²) in [4.78, 5) is 35.1. The number of hydrogen-bond donors (Lipinski definition) is 1. The van der Waals surface area contributed by atoms with Gasteiger partial charge in [-0.25, -0.2) is 0 Å². The molecule has 9 nitrogen and oxygen atoms in total. The normalized spacial score (nSPS) is 10.3. The van der Waals surface area contributed by atoms with Crippen LogP contribution in [-0.4, -0.2) is 45.4 Å². The molecule has 2 aromatic rings. The number of nitro groups is 1. The fraction of sp³-hybridized carbons (Fsp3) is 0.267.